The van der Waals surface area contributed by atoms with E-state index in [4.69, 9.17) is 4.74 Å². The molecule has 2 aliphatic carbocycles. The van der Waals surface area contributed by atoms with Gasteiger partial charge in [-0.25, -0.2) is 0 Å². The third-order valence-electron chi connectivity index (χ3n) is 7.05. The minimum Gasteiger partial charge on any atom is -0.456 e. The van der Waals surface area contributed by atoms with Crippen LogP contribution in [0.2, 0.25) is 0 Å². The third-order valence-corrected chi connectivity index (χ3v) is 7.05. The molecule has 2 bridgehead atoms. The second-order valence-electron chi connectivity index (χ2n) is 8.84. The van der Waals surface area contributed by atoms with Crippen molar-refractivity contribution in [3.8, 4) is 0 Å². The molecule has 1 amide bonds. The van der Waals surface area contributed by atoms with Gasteiger partial charge in [-0.05, 0) is 68.2 Å². The molecule has 0 aliphatic heterocycles. The van der Waals surface area contributed by atoms with Gasteiger partial charge in [-0.3, -0.25) is 9.59 Å². The Morgan fingerprint density at radius 2 is 1.90 bits per heavy atom. The summed E-state index contributed by atoms with van der Waals surface area (Å²) in [6, 6.07) is 14.2. The van der Waals surface area contributed by atoms with Crippen LogP contribution < -0.4 is 5.32 Å². The van der Waals surface area contributed by atoms with Crippen molar-refractivity contribution in [3.63, 3.8) is 0 Å². The van der Waals surface area contributed by atoms with Crippen molar-refractivity contribution in [1.29, 1.82) is 0 Å². The molecule has 3 atom stereocenters. The zero-order valence-electron chi connectivity index (χ0n) is 17.4. The van der Waals surface area contributed by atoms with E-state index in [0.29, 0.717) is 18.3 Å². The van der Waals surface area contributed by atoms with Gasteiger partial charge in [0, 0.05) is 40.5 Å². The molecule has 0 spiro atoms. The minimum absolute atomic E-state index is 0.228. The van der Waals surface area contributed by atoms with Gasteiger partial charge in [-0.1, -0.05) is 24.6 Å². The van der Waals surface area contributed by atoms with Crippen LogP contribution in [0, 0.1) is 17.8 Å². The number of amides is 1. The number of benzene rings is 2. The summed E-state index contributed by atoms with van der Waals surface area (Å²) in [5, 5.41) is 5.16. The fourth-order valence-corrected chi connectivity index (χ4v) is 5.71. The highest BCUT2D eigenvalue weighted by Crippen LogP contribution is 2.49. The van der Waals surface area contributed by atoms with Gasteiger partial charge in [-0.15, -0.1) is 0 Å². The van der Waals surface area contributed by atoms with Crippen LogP contribution in [0.1, 0.15) is 39.0 Å². The van der Waals surface area contributed by atoms with Crippen molar-refractivity contribution in [2.45, 2.75) is 45.6 Å². The van der Waals surface area contributed by atoms with Crippen molar-refractivity contribution in [1.82, 2.24) is 4.57 Å². The number of hydrogen-bond acceptors (Lipinski definition) is 3. The fourth-order valence-electron chi connectivity index (χ4n) is 5.71. The van der Waals surface area contributed by atoms with E-state index in [2.05, 4.69) is 28.9 Å². The van der Waals surface area contributed by atoms with Crippen molar-refractivity contribution in [3.05, 3.63) is 42.5 Å². The predicted molar refractivity (Wildman–Crippen MR) is 118 cm³/mol. The van der Waals surface area contributed by atoms with E-state index in [-0.39, 0.29) is 18.5 Å². The van der Waals surface area contributed by atoms with Gasteiger partial charge in [0.05, 0.1) is 0 Å². The molecule has 1 heterocycles. The second kappa shape index (κ2) is 7.78. The number of esters is 1. The lowest BCUT2D eigenvalue weighted by molar-refractivity contribution is -0.148. The first-order valence-corrected chi connectivity index (χ1v) is 11.1. The van der Waals surface area contributed by atoms with Crippen molar-refractivity contribution in [2.24, 2.45) is 17.8 Å². The van der Waals surface area contributed by atoms with Gasteiger partial charge in [0.1, 0.15) is 0 Å². The first kappa shape index (κ1) is 19.2. The summed E-state index contributed by atoms with van der Waals surface area (Å²) in [6.45, 7) is 2.79. The molecule has 0 radical (unpaired) electrons. The fraction of sp³-hybridized carbons (Fsp3) is 0.440. The number of hydrogen-bond donors (Lipinski definition) is 1. The average Bonchev–Trinajstić information content (AvgIpc) is 3.45. The van der Waals surface area contributed by atoms with Gasteiger partial charge in [-0.2, -0.15) is 0 Å². The summed E-state index contributed by atoms with van der Waals surface area (Å²) < 4.78 is 7.54. The number of anilines is 1. The van der Waals surface area contributed by atoms with E-state index in [0.717, 1.165) is 35.5 Å². The number of nitrogens with zero attached hydrogens (tertiary/aromatic N) is 1. The maximum absolute atomic E-state index is 12.3. The molecular weight excluding hydrogens is 376 g/mol. The lowest BCUT2D eigenvalue weighted by atomic mass is 9.86. The predicted octanol–water partition coefficient (Wildman–Crippen LogP) is 5.12. The van der Waals surface area contributed by atoms with E-state index in [9.17, 15) is 9.59 Å². The van der Waals surface area contributed by atoms with E-state index in [1.165, 1.54) is 30.2 Å². The Morgan fingerprint density at radius 3 is 2.67 bits per heavy atom. The van der Waals surface area contributed by atoms with Crippen LogP contribution in [0.25, 0.3) is 21.8 Å². The molecule has 156 valence electrons. The standard InChI is InChI=1S/C25H28N2O3/c1-2-27-22-6-4-3-5-20(22)21-14-19(9-10-23(21)27)26-24(28)15-30-25(29)13-18-12-16-7-8-17(18)11-16/h3-6,9-10,14,16-18H,2,7-8,11-13,15H2,1H3,(H,26,28)/t16-,17+,18-/m0/s1. The summed E-state index contributed by atoms with van der Waals surface area (Å²) in [7, 11) is 0. The number of aromatic nitrogens is 1. The van der Waals surface area contributed by atoms with Crippen LogP contribution in [-0.4, -0.2) is 23.1 Å². The van der Waals surface area contributed by atoms with Crippen LogP contribution >= 0.6 is 0 Å². The zero-order chi connectivity index (χ0) is 20.7. The number of carbonyl (C=O) groups is 2. The Hall–Kier alpha value is -2.82. The quantitative estimate of drug-likeness (QED) is 0.580. The maximum atomic E-state index is 12.3. The molecule has 30 heavy (non-hydrogen) atoms. The molecular formula is C25H28N2O3. The Balaban J connectivity index is 1.22. The molecule has 2 aromatic carbocycles. The Morgan fingerprint density at radius 1 is 1.07 bits per heavy atom. The summed E-state index contributed by atoms with van der Waals surface area (Å²) >= 11 is 0. The highest BCUT2D eigenvalue weighted by Gasteiger charge is 2.40. The molecule has 3 aromatic rings. The second-order valence-corrected chi connectivity index (χ2v) is 8.84. The molecule has 5 heteroatoms. The summed E-state index contributed by atoms with van der Waals surface area (Å²) in [6.07, 6.45) is 5.45. The maximum Gasteiger partial charge on any atom is 0.306 e. The first-order valence-electron chi connectivity index (χ1n) is 11.1. The number of nitrogens with one attached hydrogen (secondary N) is 1. The minimum atomic E-state index is -0.296. The van der Waals surface area contributed by atoms with E-state index >= 15 is 0 Å². The first-order chi connectivity index (χ1) is 14.6. The highest BCUT2D eigenvalue weighted by molar-refractivity contribution is 6.09. The highest BCUT2D eigenvalue weighted by atomic mass is 16.5. The Labute approximate surface area is 176 Å². The summed E-state index contributed by atoms with van der Waals surface area (Å²) in [5.74, 6) is 1.41. The number of para-hydroxylation sites is 1. The molecule has 5 rings (SSSR count). The van der Waals surface area contributed by atoms with Gasteiger partial charge >= 0.3 is 5.97 Å². The molecule has 2 fully saturated rings. The van der Waals surface area contributed by atoms with Crippen LogP contribution in [0.15, 0.2) is 42.5 Å². The molecule has 2 aliphatic rings. The third kappa shape index (κ3) is 3.47. The molecule has 1 aromatic heterocycles. The SMILES string of the molecule is CCn1c2ccccc2c2cc(NC(=O)COC(=O)C[C@@H]3C[C@H]4CC[C@@H]3C4)ccc21. The largest absolute Gasteiger partial charge is 0.456 e. The van der Waals surface area contributed by atoms with E-state index in [1.807, 2.05) is 30.3 Å². The molecule has 5 nitrogen and oxygen atoms in total. The molecule has 0 unspecified atom stereocenters. The monoisotopic (exact) mass is 404 g/mol. The van der Waals surface area contributed by atoms with Crippen molar-refractivity contribution < 1.29 is 14.3 Å². The lowest BCUT2D eigenvalue weighted by Gasteiger charge is -2.20. The topological polar surface area (TPSA) is 60.3 Å². The number of aryl methyl sites for hydroxylation is 1. The van der Waals surface area contributed by atoms with E-state index < -0.39 is 0 Å². The molecule has 1 N–H and O–H groups in total. The van der Waals surface area contributed by atoms with Crippen LogP contribution in [0.5, 0.6) is 0 Å². The summed E-state index contributed by atoms with van der Waals surface area (Å²) in [5.41, 5.74) is 3.05. The molecule has 0 saturated heterocycles. The smallest absolute Gasteiger partial charge is 0.306 e. The van der Waals surface area contributed by atoms with Crippen molar-refractivity contribution >= 4 is 39.4 Å². The molecule has 2 saturated carbocycles. The lowest BCUT2D eigenvalue weighted by Crippen LogP contribution is -2.23. The number of ether oxygens (including phenoxy) is 1. The van der Waals surface area contributed by atoms with Crippen LogP contribution in [-0.2, 0) is 20.9 Å². The van der Waals surface area contributed by atoms with Crippen molar-refractivity contribution in [2.75, 3.05) is 11.9 Å². The summed E-state index contributed by atoms with van der Waals surface area (Å²) in [4.78, 5) is 24.5. The number of carbonyl (C=O) groups excluding carboxylic acids is 2. The normalized spacial score (nSPS) is 22.6. The van der Waals surface area contributed by atoms with E-state index in [1.54, 1.807) is 0 Å². The van der Waals surface area contributed by atoms with Gasteiger partial charge in [0.25, 0.3) is 5.91 Å². The Kier molecular flexibility index (Phi) is 4.97. The van der Waals surface area contributed by atoms with Crippen LogP contribution in [0.4, 0.5) is 5.69 Å². The van der Waals surface area contributed by atoms with Gasteiger partial charge in [0.15, 0.2) is 6.61 Å². The number of fused-ring (bicyclic) bond motifs is 5. The zero-order valence-corrected chi connectivity index (χ0v) is 17.4. The van der Waals surface area contributed by atoms with Crippen LogP contribution in [0.3, 0.4) is 0 Å². The van der Waals surface area contributed by atoms with Gasteiger partial charge in [0.2, 0.25) is 0 Å². The number of rotatable bonds is 6. The Bertz CT molecular complexity index is 1120. The average molecular weight is 405 g/mol. The van der Waals surface area contributed by atoms with Gasteiger partial charge < -0.3 is 14.6 Å².